The van der Waals surface area contributed by atoms with E-state index in [-0.39, 0.29) is 30.7 Å². The van der Waals surface area contributed by atoms with Crippen LogP contribution < -0.4 is 39.8 Å². The van der Waals surface area contributed by atoms with Crippen LogP contribution in [0.25, 0.3) is 0 Å². The van der Waals surface area contributed by atoms with E-state index in [1.165, 1.54) is 7.11 Å². The number of rotatable bonds is 6. The monoisotopic (exact) mass is 453 g/mol. The topological polar surface area (TPSA) is 71.1 Å². The average Bonchev–Trinajstić information content (AvgIpc) is 2.74. The van der Waals surface area contributed by atoms with Crippen molar-refractivity contribution in [3.05, 3.63) is 54.1 Å². The van der Waals surface area contributed by atoms with Gasteiger partial charge in [-0.05, 0) is 48.5 Å². The van der Waals surface area contributed by atoms with Crippen molar-refractivity contribution in [1.29, 1.82) is 0 Å². The zero-order valence-corrected chi connectivity index (χ0v) is 18.4. The Hall–Kier alpha value is -2.48. The van der Waals surface area contributed by atoms with E-state index in [4.69, 9.17) is 4.74 Å². The van der Waals surface area contributed by atoms with E-state index in [0.717, 1.165) is 37.6 Å². The van der Waals surface area contributed by atoms with Crippen LogP contribution in [0, 0.1) is 0 Å². The third kappa shape index (κ3) is 6.79. The lowest BCUT2D eigenvalue weighted by Crippen LogP contribution is -3.00. The van der Waals surface area contributed by atoms with Crippen LogP contribution >= 0.6 is 0 Å². The Morgan fingerprint density at radius 3 is 2.03 bits per heavy atom. The van der Waals surface area contributed by atoms with Crippen LogP contribution in [0.2, 0.25) is 0 Å². The molecule has 1 aliphatic rings. The predicted molar refractivity (Wildman–Crippen MR) is 108 cm³/mol. The highest BCUT2D eigenvalue weighted by Gasteiger charge is 2.19. The van der Waals surface area contributed by atoms with Gasteiger partial charge in [0.15, 0.2) is 0 Å². The number of piperazine rings is 1. The van der Waals surface area contributed by atoms with Crippen LogP contribution in [0.5, 0.6) is 5.75 Å². The van der Waals surface area contributed by atoms with E-state index in [0.29, 0.717) is 17.8 Å². The molecule has 0 bridgehead atoms. The lowest BCUT2D eigenvalue weighted by Gasteiger charge is -2.35. The molecule has 1 aliphatic heterocycles. The number of nitrogens with zero attached hydrogens (tertiary/aromatic N) is 2. The lowest BCUT2D eigenvalue weighted by molar-refractivity contribution is -0.117. The van der Waals surface area contributed by atoms with E-state index in [1.807, 2.05) is 12.1 Å². The number of benzene rings is 2. The summed E-state index contributed by atoms with van der Waals surface area (Å²) >= 11 is 0. The molecule has 0 radical (unpaired) electrons. The van der Waals surface area contributed by atoms with E-state index >= 15 is 0 Å². The van der Waals surface area contributed by atoms with Crippen molar-refractivity contribution in [2.24, 2.45) is 0 Å². The zero-order valence-electron chi connectivity index (χ0n) is 16.9. The van der Waals surface area contributed by atoms with E-state index in [2.05, 4.69) is 32.0 Å². The number of ether oxygens (including phenoxy) is 2. The Morgan fingerprint density at radius 2 is 1.50 bits per heavy atom. The number of amides is 1. The number of hydrogen-bond acceptors (Lipinski definition) is 6. The highest BCUT2D eigenvalue weighted by molar-refractivity contribution is 5.94. The second kappa shape index (κ2) is 12.3. The van der Waals surface area contributed by atoms with Gasteiger partial charge in [-0.3, -0.25) is 9.69 Å². The molecule has 9 heteroatoms. The molecule has 7 nitrogen and oxygen atoms in total. The molecule has 1 N–H and O–H groups in total. The third-order valence-corrected chi connectivity index (χ3v) is 4.77. The second-order valence-electron chi connectivity index (χ2n) is 6.58. The molecule has 0 unspecified atom stereocenters. The molecule has 2 aromatic rings. The molecule has 0 spiro atoms. The van der Waals surface area contributed by atoms with Crippen molar-refractivity contribution in [2.75, 3.05) is 57.2 Å². The molecule has 30 heavy (non-hydrogen) atoms. The first-order valence-corrected chi connectivity index (χ1v) is 9.18. The van der Waals surface area contributed by atoms with Gasteiger partial charge in [0.05, 0.1) is 26.3 Å². The maximum absolute atomic E-state index is 12.3. The Morgan fingerprint density at radius 1 is 0.900 bits per heavy atom. The van der Waals surface area contributed by atoms with Crippen LogP contribution in [0.15, 0.2) is 48.5 Å². The van der Waals surface area contributed by atoms with Gasteiger partial charge >= 0.3 is 5.97 Å². The van der Waals surface area contributed by atoms with Crippen molar-refractivity contribution in [2.45, 2.75) is 0 Å². The Balaban J connectivity index is 0.00000225. The maximum atomic E-state index is 12.3. The summed E-state index contributed by atoms with van der Waals surface area (Å²) in [5.41, 5.74) is 2.28. The molecular weight excluding hydrogens is 429 g/mol. The summed E-state index contributed by atoms with van der Waals surface area (Å²) in [6.45, 7) is 3.72. The SMILES string of the molecule is COC(=O)c1ccc(NC(=O)CN2CCN(c3ccc(OC)cc3)CC2)cc1.[Cl-].[Cl-]. The molecule has 0 atom stereocenters. The molecule has 2 aromatic carbocycles. The van der Waals surface area contributed by atoms with E-state index in [1.54, 1.807) is 31.4 Å². The minimum absolute atomic E-state index is 0. The van der Waals surface area contributed by atoms with Gasteiger partial charge in [0, 0.05) is 37.6 Å². The van der Waals surface area contributed by atoms with Crippen molar-refractivity contribution in [1.82, 2.24) is 4.90 Å². The van der Waals surface area contributed by atoms with Gasteiger partial charge in [0.1, 0.15) is 5.75 Å². The molecule has 0 aromatic heterocycles. The minimum Gasteiger partial charge on any atom is -1.00 e. The van der Waals surface area contributed by atoms with Crippen molar-refractivity contribution in [3.63, 3.8) is 0 Å². The lowest BCUT2D eigenvalue weighted by atomic mass is 10.2. The Kier molecular flexibility index (Phi) is 10.5. The average molecular weight is 454 g/mol. The number of methoxy groups -OCH3 is 2. The molecule has 0 aliphatic carbocycles. The van der Waals surface area contributed by atoms with Crippen molar-refractivity contribution < 1.29 is 43.9 Å². The Bertz CT molecular complexity index is 808. The quantitative estimate of drug-likeness (QED) is 0.453. The van der Waals surface area contributed by atoms with Crippen molar-refractivity contribution >= 4 is 23.3 Å². The fraction of sp³-hybridized carbons (Fsp3) is 0.333. The first kappa shape index (κ1) is 25.6. The third-order valence-electron chi connectivity index (χ3n) is 4.77. The van der Waals surface area contributed by atoms with Crippen LogP contribution in [-0.2, 0) is 9.53 Å². The highest BCUT2D eigenvalue weighted by Crippen LogP contribution is 2.20. The van der Waals surface area contributed by atoms with Crippen LogP contribution in [-0.4, -0.2) is 63.7 Å². The fourth-order valence-corrected chi connectivity index (χ4v) is 3.17. The normalized spacial score (nSPS) is 13.5. The minimum atomic E-state index is -0.396. The molecule has 164 valence electrons. The number of carbonyl (C=O) groups excluding carboxylic acids is 2. The summed E-state index contributed by atoms with van der Waals surface area (Å²) in [6.07, 6.45) is 0. The van der Waals surface area contributed by atoms with Gasteiger partial charge in [-0.25, -0.2) is 4.79 Å². The summed E-state index contributed by atoms with van der Waals surface area (Å²) in [6, 6.07) is 14.7. The standard InChI is InChI=1S/C21H25N3O4.2ClH/c1-27-19-9-7-18(8-10-19)24-13-11-23(12-14-24)15-20(25)22-17-5-3-16(4-6-17)21(26)28-2;;/h3-10H,11-15H2,1-2H3,(H,22,25);2*1H/p-2. The molecular formula is C21H25Cl2N3O4-2. The summed E-state index contributed by atoms with van der Waals surface area (Å²) < 4.78 is 9.86. The number of anilines is 2. The highest BCUT2D eigenvalue weighted by atomic mass is 35.5. The van der Waals surface area contributed by atoms with Crippen LogP contribution in [0.3, 0.4) is 0 Å². The molecule has 1 fully saturated rings. The Labute approximate surface area is 189 Å². The summed E-state index contributed by atoms with van der Waals surface area (Å²) in [5.74, 6) is 0.384. The van der Waals surface area contributed by atoms with Gasteiger partial charge in [0.2, 0.25) is 5.91 Å². The molecule has 3 rings (SSSR count). The van der Waals surface area contributed by atoms with Gasteiger partial charge in [-0.15, -0.1) is 0 Å². The first-order chi connectivity index (χ1) is 13.6. The van der Waals surface area contributed by atoms with Gasteiger partial charge in [-0.1, -0.05) is 0 Å². The summed E-state index contributed by atoms with van der Waals surface area (Å²) in [7, 11) is 3.00. The molecule has 1 heterocycles. The van der Waals surface area contributed by atoms with E-state index < -0.39 is 5.97 Å². The number of carbonyl (C=O) groups is 2. The first-order valence-electron chi connectivity index (χ1n) is 9.18. The fourth-order valence-electron chi connectivity index (χ4n) is 3.17. The number of halogens is 2. The smallest absolute Gasteiger partial charge is 0.337 e. The summed E-state index contributed by atoms with van der Waals surface area (Å²) in [5, 5.41) is 2.87. The maximum Gasteiger partial charge on any atom is 0.337 e. The molecule has 0 saturated carbocycles. The molecule has 1 saturated heterocycles. The number of nitrogens with one attached hydrogen (secondary N) is 1. The van der Waals surface area contributed by atoms with Gasteiger partial charge in [-0.2, -0.15) is 0 Å². The summed E-state index contributed by atoms with van der Waals surface area (Å²) in [4.78, 5) is 28.2. The predicted octanol–water partition coefficient (Wildman–Crippen LogP) is -3.75. The van der Waals surface area contributed by atoms with Gasteiger partial charge in [0.25, 0.3) is 0 Å². The van der Waals surface area contributed by atoms with E-state index in [9.17, 15) is 9.59 Å². The number of hydrogen-bond donors (Lipinski definition) is 1. The van der Waals surface area contributed by atoms with Crippen molar-refractivity contribution in [3.8, 4) is 5.75 Å². The second-order valence-corrected chi connectivity index (χ2v) is 6.58. The zero-order chi connectivity index (χ0) is 19.9. The largest absolute Gasteiger partial charge is 1.00 e. The van der Waals surface area contributed by atoms with Gasteiger partial charge < -0.3 is 44.5 Å². The molecule has 1 amide bonds. The van der Waals surface area contributed by atoms with Crippen LogP contribution in [0.4, 0.5) is 11.4 Å². The number of esters is 1. The van der Waals surface area contributed by atoms with Crippen LogP contribution in [0.1, 0.15) is 10.4 Å².